The monoisotopic (exact) mass is 564 g/mol. The number of anilines is 1. The molecule has 1 N–H and O–H groups in total. The van der Waals surface area contributed by atoms with Gasteiger partial charge in [0.15, 0.2) is 11.6 Å². The maximum absolute atomic E-state index is 14.7. The van der Waals surface area contributed by atoms with Crippen LogP contribution >= 0.6 is 23.2 Å². The summed E-state index contributed by atoms with van der Waals surface area (Å²) < 4.78 is 0. The molecule has 4 aromatic rings. The van der Waals surface area contributed by atoms with Gasteiger partial charge in [0.1, 0.15) is 11.5 Å². The molecule has 0 saturated carbocycles. The minimum Gasteiger partial charge on any atom is -0.358 e. The van der Waals surface area contributed by atoms with E-state index in [-0.39, 0.29) is 28.1 Å². The predicted molar refractivity (Wildman–Crippen MR) is 156 cm³/mol. The van der Waals surface area contributed by atoms with E-state index in [1.807, 2.05) is 71.8 Å². The highest BCUT2D eigenvalue weighted by atomic mass is 35.5. The van der Waals surface area contributed by atoms with Crippen molar-refractivity contribution in [3.63, 3.8) is 0 Å². The van der Waals surface area contributed by atoms with E-state index in [0.29, 0.717) is 21.8 Å². The number of Topliss-reactive ketones (excluding diaryl/α,β-unsaturated/α-hetero) is 2. The molecule has 5 nitrogen and oxygen atoms in total. The first-order valence-corrected chi connectivity index (χ1v) is 13.7. The summed E-state index contributed by atoms with van der Waals surface area (Å²) in [6, 6.07) is 27.2. The third kappa shape index (κ3) is 3.38. The van der Waals surface area contributed by atoms with E-state index in [2.05, 4.69) is 5.32 Å². The Hall–Kier alpha value is -4.19. The van der Waals surface area contributed by atoms with E-state index in [1.54, 1.807) is 36.4 Å². The largest absolute Gasteiger partial charge is 0.358 e. The number of halogens is 2. The number of hydrogen-bond acceptors (Lipinski definition) is 4. The Kier molecular flexibility index (Phi) is 5.70. The summed E-state index contributed by atoms with van der Waals surface area (Å²) in [6.07, 6.45) is 3.77. The van der Waals surface area contributed by atoms with Crippen LogP contribution in [0.3, 0.4) is 0 Å². The lowest BCUT2D eigenvalue weighted by atomic mass is 9.62. The highest BCUT2D eigenvalue weighted by molar-refractivity contribution is 6.37. The van der Waals surface area contributed by atoms with Crippen LogP contribution in [0, 0.1) is 5.92 Å². The molecule has 3 heterocycles. The average molecular weight is 565 g/mol. The van der Waals surface area contributed by atoms with Gasteiger partial charge >= 0.3 is 0 Å². The lowest BCUT2D eigenvalue weighted by molar-refractivity contribution is -0.122. The Morgan fingerprint density at radius 2 is 1.55 bits per heavy atom. The second kappa shape index (κ2) is 9.19. The number of para-hydroxylation sites is 1. The summed E-state index contributed by atoms with van der Waals surface area (Å²) in [5.74, 6) is -1.99. The fourth-order valence-corrected chi connectivity index (χ4v) is 7.30. The number of hydrogen-bond donors (Lipinski definition) is 1. The molecule has 196 valence electrons. The third-order valence-electron chi connectivity index (χ3n) is 8.38. The van der Waals surface area contributed by atoms with Gasteiger partial charge in [-0.3, -0.25) is 14.4 Å². The lowest BCUT2D eigenvalue weighted by Crippen LogP contribution is -2.49. The molecule has 0 unspecified atom stereocenters. The van der Waals surface area contributed by atoms with Crippen LogP contribution in [-0.2, 0) is 10.2 Å². The van der Waals surface area contributed by atoms with Gasteiger partial charge in [-0.15, -0.1) is 0 Å². The van der Waals surface area contributed by atoms with Gasteiger partial charge in [0.2, 0.25) is 5.91 Å². The topological polar surface area (TPSA) is 66.5 Å². The first-order chi connectivity index (χ1) is 19.4. The Morgan fingerprint density at radius 1 is 0.825 bits per heavy atom. The van der Waals surface area contributed by atoms with Gasteiger partial charge < -0.3 is 10.2 Å². The van der Waals surface area contributed by atoms with Gasteiger partial charge in [-0.1, -0.05) is 96.0 Å². The van der Waals surface area contributed by atoms with Gasteiger partial charge in [-0.05, 0) is 47.0 Å². The van der Waals surface area contributed by atoms with Crippen molar-refractivity contribution in [3.8, 4) is 0 Å². The van der Waals surface area contributed by atoms with Crippen LogP contribution in [0.4, 0.5) is 5.69 Å². The summed E-state index contributed by atoms with van der Waals surface area (Å²) in [6.45, 7) is 0. The molecular weight excluding hydrogens is 543 g/mol. The Balaban J connectivity index is 1.55. The number of carbonyl (C=O) groups is 3. The molecule has 1 fully saturated rings. The van der Waals surface area contributed by atoms with Crippen molar-refractivity contribution < 1.29 is 14.4 Å². The van der Waals surface area contributed by atoms with Crippen LogP contribution in [-0.4, -0.2) is 28.4 Å². The molecule has 0 radical (unpaired) electrons. The van der Waals surface area contributed by atoms with Gasteiger partial charge in [-0.25, -0.2) is 0 Å². The molecule has 4 aromatic carbocycles. The van der Waals surface area contributed by atoms with Crippen LogP contribution in [0.25, 0.3) is 6.08 Å². The van der Waals surface area contributed by atoms with Crippen LogP contribution in [0.2, 0.25) is 10.0 Å². The van der Waals surface area contributed by atoms with E-state index in [1.165, 1.54) is 6.07 Å². The Morgan fingerprint density at radius 3 is 2.35 bits per heavy atom. The quantitative estimate of drug-likeness (QED) is 0.272. The minimum absolute atomic E-state index is 0.193. The number of ketones is 2. The van der Waals surface area contributed by atoms with Crippen molar-refractivity contribution in [2.24, 2.45) is 5.92 Å². The van der Waals surface area contributed by atoms with Crippen molar-refractivity contribution in [1.29, 1.82) is 0 Å². The van der Waals surface area contributed by atoms with E-state index in [0.717, 1.165) is 11.1 Å². The summed E-state index contributed by atoms with van der Waals surface area (Å²) in [7, 11) is 0. The molecule has 1 spiro atoms. The summed E-state index contributed by atoms with van der Waals surface area (Å²) >= 11 is 12.7. The normalized spacial score (nSPS) is 23.9. The highest BCUT2D eigenvalue weighted by Crippen LogP contribution is 2.62. The van der Waals surface area contributed by atoms with Crippen molar-refractivity contribution >= 4 is 52.4 Å². The Labute approximate surface area is 241 Å². The zero-order chi connectivity index (χ0) is 27.6. The molecule has 3 aliphatic rings. The Bertz CT molecular complexity index is 1750. The number of nitrogens with one attached hydrogen (secondary N) is 1. The number of nitrogens with zero attached hydrogens (tertiary/aromatic N) is 1. The van der Waals surface area contributed by atoms with E-state index >= 15 is 0 Å². The number of fused-ring (bicyclic) bond motifs is 6. The van der Waals surface area contributed by atoms with Gasteiger partial charge in [0.05, 0.1) is 17.0 Å². The SMILES string of the molecule is O=C(c1ccc(Cl)cc1Cl)[C@@H]1[C@H](C(=O)c2ccccc2)[C@]2(C(=O)Nc3ccccc32)[C@H]2c3ccccc3C=CN12. The number of benzene rings is 4. The maximum atomic E-state index is 14.7. The number of carbonyl (C=O) groups excluding carboxylic acids is 3. The number of rotatable bonds is 4. The maximum Gasteiger partial charge on any atom is 0.238 e. The molecule has 0 aromatic heterocycles. The molecule has 40 heavy (non-hydrogen) atoms. The van der Waals surface area contributed by atoms with Gasteiger partial charge in [0.25, 0.3) is 0 Å². The van der Waals surface area contributed by atoms with Crippen LogP contribution in [0.15, 0.2) is 103 Å². The molecule has 7 rings (SSSR count). The standard InChI is InChI=1S/C33H22Cl2N2O3/c34-21-14-15-23(25(35)18-21)30(39)28-27(29(38)20-9-2-1-3-10-20)33(24-12-6-7-13-26(24)36-32(33)40)31-22-11-5-4-8-19(22)16-17-37(28)31/h1-18,27-28,31H,(H,36,40)/t27-,28+,31-,33+/m1/s1. The average Bonchev–Trinajstić information content (AvgIpc) is 3.45. The van der Waals surface area contributed by atoms with E-state index in [4.69, 9.17) is 23.2 Å². The van der Waals surface area contributed by atoms with E-state index in [9.17, 15) is 14.4 Å². The van der Waals surface area contributed by atoms with Crippen molar-refractivity contribution in [2.45, 2.75) is 17.5 Å². The molecule has 1 amide bonds. The fraction of sp³-hybridized carbons (Fsp3) is 0.121. The van der Waals surface area contributed by atoms with Crippen LogP contribution in [0.5, 0.6) is 0 Å². The third-order valence-corrected chi connectivity index (χ3v) is 8.92. The molecule has 7 heteroatoms. The molecular formula is C33H22Cl2N2O3. The van der Waals surface area contributed by atoms with Crippen molar-refractivity contribution in [1.82, 2.24) is 4.90 Å². The number of amides is 1. The fourth-order valence-electron chi connectivity index (χ4n) is 6.80. The molecule has 0 bridgehead atoms. The van der Waals surface area contributed by atoms with Crippen molar-refractivity contribution in [3.05, 3.63) is 141 Å². The molecule has 1 saturated heterocycles. The van der Waals surface area contributed by atoms with Gasteiger partial charge in [-0.2, -0.15) is 0 Å². The van der Waals surface area contributed by atoms with Gasteiger partial charge in [0, 0.05) is 28.0 Å². The molecule has 4 atom stereocenters. The zero-order valence-electron chi connectivity index (χ0n) is 21.1. The van der Waals surface area contributed by atoms with Crippen LogP contribution < -0.4 is 5.32 Å². The second-order valence-corrected chi connectivity index (χ2v) is 11.1. The molecule has 3 aliphatic heterocycles. The van der Waals surface area contributed by atoms with Crippen LogP contribution in [0.1, 0.15) is 43.4 Å². The summed E-state index contributed by atoms with van der Waals surface area (Å²) in [5.41, 5.74) is 2.45. The van der Waals surface area contributed by atoms with Crippen molar-refractivity contribution in [2.75, 3.05) is 5.32 Å². The smallest absolute Gasteiger partial charge is 0.238 e. The first-order valence-electron chi connectivity index (χ1n) is 13.0. The molecule has 0 aliphatic carbocycles. The highest BCUT2D eigenvalue weighted by Gasteiger charge is 2.70. The first kappa shape index (κ1) is 24.8. The zero-order valence-corrected chi connectivity index (χ0v) is 22.6. The van der Waals surface area contributed by atoms with E-state index < -0.39 is 23.4 Å². The second-order valence-electron chi connectivity index (χ2n) is 10.3. The summed E-state index contributed by atoms with van der Waals surface area (Å²) in [4.78, 5) is 45.5. The summed E-state index contributed by atoms with van der Waals surface area (Å²) in [5, 5.41) is 3.64. The lowest BCUT2D eigenvalue weighted by Gasteiger charge is -2.38. The minimum atomic E-state index is -1.39. The predicted octanol–water partition coefficient (Wildman–Crippen LogP) is 6.98.